The van der Waals surface area contributed by atoms with Crippen LogP contribution in [-0.2, 0) is 13.5 Å². The van der Waals surface area contributed by atoms with Crippen LogP contribution in [0, 0.1) is 6.92 Å². The summed E-state index contributed by atoms with van der Waals surface area (Å²) < 4.78 is 1.62. The number of carbonyl (C=O) groups excluding carboxylic acids is 1. The van der Waals surface area contributed by atoms with Gasteiger partial charge in [0.15, 0.2) is 5.82 Å². The molecule has 0 unspecified atom stereocenters. The van der Waals surface area contributed by atoms with Crippen molar-refractivity contribution >= 4 is 5.91 Å². The topological polar surface area (TPSA) is 80.0 Å². The molecule has 1 aromatic carbocycles. The van der Waals surface area contributed by atoms with Gasteiger partial charge in [0.1, 0.15) is 12.1 Å². The Kier molecular flexibility index (Phi) is 3.79. The number of amides is 1. The smallest absolute Gasteiger partial charge is 0.251 e. The number of nitrogens with zero attached hydrogens (tertiary/aromatic N) is 3. The Hall–Kier alpha value is -2.37. The van der Waals surface area contributed by atoms with Crippen LogP contribution < -0.4 is 5.32 Å². The molecule has 0 saturated carbocycles. The number of hydrogen-bond acceptors (Lipinski definition) is 4. The first kappa shape index (κ1) is 13.1. The lowest BCUT2D eigenvalue weighted by atomic mass is 10.1. The van der Waals surface area contributed by atoms with Gasteiger partial charge < -0.3 is 10.4 Å². The zero-order chi connectivity index (χ0) is 13.8. The molecule has 0 spiro atoms. The highest BCUT2D eigenvalue weighted by Crippen LogP contribution is 2.17. The van der Waals surface area contributed by atoms with Gasteiger partial charge in [0, 0.05) is 25.6 Å². The Bertz CT molecular complexity index is 592. The zero-order valence-electron chi connectivity index (χ0n) is 10.9. The van der Waals surface area contributed by atoms with Crippen LogP contribution in [0.3, 0.4) is 0 Å². The maximum Gasteiger partial charge on any atom is 0.251 e. The molecular weight excluding hydrogens is 244 g/mol. The maximum atomic E-state index is 11.8. The van der Waals surface area contributed by atoms with E-state index in [0.717, 1.165) is 5.56 Å². The fraction of sp³-hybridized carbons (Fsp3) is 0.308. The van der Waals surface area contributed by atoms with E-state index >= 15 is 0 Å². The highest BCUT2D eigenvalue weighted by atomic mass is 16.3. The van der Waals surface area contributed by atoms with Crippen LogP contribution in [0.1, 0.15) is 21.7 Å². The van der Waals surface area contributed by atoms with E-state index < -0.39 is 0 Å². The van der Waals surface area contributed by atoms with Crippen LogP contribution >= 0.6 is 0 Å². The number of aromatic hydroxyl groups is 1. The van der Waals surface area contributed by atoms with Crippen molar-refractivity contribution in [1.29, 1.82) is 0 Å². The Morgan fingerprint density at radius 2 is 2.26 bits per heavy atom. The van der Waals surface area contributed by atoms with Crippen LogP contribution in [0.25, 0.3) is 0 Å². The first-order valence-electron chi connectivity index (χ1n) is 5.98. The van der Waals surface area contributed by atoms with E-state index in [2.05, 4.69) is 15.4 Å². The molecule has 1 aromatic heterocycles. The molecule has 6 nitrogen and oxygen atoms in total. The van der Waals surface area contributed by atoms with Crippen LogP contribution in [-0.4, -0.2) is 32.3 Å². The molecular formula is C13H16N4O2. The molecule has 0 saturated heterocycles. The summed E-state index contributed by atoms with van der Waals surface area (Å²) in [5.74, 6) is 0.597. The van der Waals surface area contributed by atoms with Gasteiger partial charge in [-0.15, -0.1) is 0 Å². The fourth-order valence-electron chi connectivity index (χ4n) is 1.64. The van der Waals surface area contributed by atoms with E-state index in [1.54, 1.807) is 37.1 Å². The summed E-state index contributed by atoms with van der Waals surface area (Å²) in [5, 5.41) is 16.4. The van der Waals surface area contributed by atoms with E-state index in [1.165, 1.54) is 6.07 Å². The highest BCUT2D eigenvalue weighted by Gasteiger charge is 2.07. The Balaban J connectivity index is 1.89. The van der Waals surface area contributed by atoms with Gasteiger partial charge in [0.25, 0.3) is 5.91 Å². The van der Waals surface area contributed by atoms with Crippen LogP contribution in [0.15, 0.2) is 24.5 Å². The molecule has 100 valence electrons. The highest BCUT2D eigenvalue weighted by molar-refractivity contribution is 5.94. The monoisotopic (exact) mass is 260 g/mol. The standard InChI is InChI=1S/C13H16N4O2/c1-9-3-4-10(7-11(9)18)13(19)14-6-5-12-15-8-17(2)16-12/h3-4,7-8,18H,5-6H2,1-2H3,(H,14,19). The van der Waals surface area contributed by atoms with Crippen molar-refractivity contribution in [2.75, 3.05) is 6.54 Å². The number of phenolic OH excluding ortho intramolecular Hbond substituents is 1. The number of aromatic nitrogens is 3. The normalized spacial score (nSPS) is 10.4. The van der Waals surface area contributed by atoms with Crippen molar-refractivity contribution in [1.82, 2.24) is 20.1 Å². The van der Waals surface area contributed by atoms with Crippen LogP contribution in [0.4, 0.5) is 0 Å². The van der Waals surface area contributed by atoms with Gasteiger partial charge in [-0.05, 0) is 24.6 Å². The third kappa shape index (κ3) is 3.31. The first-order valence-corrected chi connectivity index (χ1v) is 5.98. The van der Waals surface area contributed by atoms with Crippen molar-refractivity contribution in [2.24, 2.45) is 7.05 Å². The average molecular weight is 260 g/mol. The van der Waals surface area contributed by atoms with E-state index in [0.29, 0.717) is 24.4 Å². The second kappa shape index (κ2) is 5.51. The lowest BCUT2D eigenvalue weighted by Gasteiger charge is -2.05. The SMILES string of the molecule is Cc1ccc(C(=O)NCCc2ncn(C)n2)cc1O. The minimum absolute atomic E-state index is 0.124. The summed E-state index contributed by atoms with van der Waals surface area (Å²) in [7, 11) is 1.80. The van der Waals surface area contributed by atoms with Crippen molar-refractivity contribution in [3.8, 4) is 5.75 Å². The summed E-state index contributed by atoms with van der Waals surface area (Å²) in [6, 6.07) is 4.86. The second-order valence-electron chi connectivity index (χ2n) is 4.34. The molecule has 0 bridgehead atoms. The molecule has 1 amide bonds. The third-order valence-corrected chi connectivity index (χ3v) is 2.75. The Morgan fingerprint density at radius 3 is 2.89 bits per heavy atom. The predicted molar refractivity (Wildman–Crippen MR) is 69.9 cm³/mol. The molecule has 0 aliphatic heterocycles. The quantitative estimate of drug-likeness (QED) is 0.852. The summed E-state index contributed by atoms with van der Waals surface area (Å²) in [6.07, 6.45) is 2.19. The van der Waals surface area contributed by atoms with Crippen molar-refractivity contribution in [2.45, 2.75) is 13.3 Å². The molecule has 2 N–H and O–H groups in total. The number of benzene rings is 1. The first-order chi connectivity index (χ1) is 9.06. The average Bonchev–Trinajstić information content (AvgIpc) is 2.78. The summed E-state index contributed by atoms with van der Waals surface area (Å²) >= 11 is 0. The van der Waals surface area contributed by atoms with Gasteiger partial charge in [-0.3, -0.25) is 9.48 Å². The third-order valence-electron chi connectivity index (χ3n) is 2.75. The molecule has 19 heavy (non-hydrogen) atoms. The van der Waals surface area contributed by atoms with Crippen molar-refractivity contribution < 1.29 is 9.90 Å². The summed E-state index contributed by atoms with van der Waals surface area (Å²) in [6.45, 7) is 2.24. The molecule has 6 heteroatoms. The number of carbonyl (C=O) groups is 1. The van der Waals surface area contributed by atoms with E-state index in [1.807, 2.05) is 0 Å². The van der Waals surface area contributed by atoms with E-state index in [9.17, 15) is 9.90 Å². The predicted octanol–water partition coefficient (Wildman–Crippen LogP) is 0.802. The number of hydrogen-bond donors (Lipinski definition) is 2. The maximum absolute atomic E-state index is 11.8. The number of phenols is 1. The molecule has 0 atom stereocenters. The van der Waals surface area contributed by atoms with Gasteiger partial charge in [-0.1, -0.05) is 6.07 Å². The van der Waals surface area contributed by atoms with E-state index in [-0.39, 0.29) is 11.7 Å². The van der Waals surface area contributed by atoms with Gasteiger partial charge >= 0.3 is 0 Å². The number of nitrogens with one attached hydrogen (secondary N) is 1. The second-order valence-corrected chi connectivity index (χ2v) is 4.34. The Morgan fingerprint density at radius 1 is 1.47 bits per heavy atom. The fourth-order valence-corrected chi connectivity index (χ4v) is 1.64. The summed E-state index contributed by atoms with van der Waals surface area (Å²) in [4.78, 5) is 15.9. The molecule has 2 rings (SSSR count). The molecule has 0 fully saturated rings. The van der Waals surface area contributed by atoms with Gasteiger partial charge in [0.05, 0.1) is 0 Å². The van der Waals surface area contributed by atoms with E-state index in [4.69, 9.17) is 0 Å². The van der Waals surface area contributed by atoms with Gasteiger partial charge in [0.2, 0.25) is 0 Å². The molecule has 1 heterocycles. The summed E-state index contributed by atoms with van der Waals surface area (Å²) in [5.41, 5.74) is 1.19. The molecule has 2 aromatic rings. The number of rotatable bonds is 4. The molecule has 0 aliphatic carbocycles. The minimum atomic E-state index is -0.216. The van der Waals surface area contributed by atoms with Crippen LogP contribution in [0.2, 0.25) is 0 Å². The largest absolute Gasteiger partial charge is 0.508 e. The Labute approximate surface area is 111 Å². The van der Waals surface area contributed by atoms with Crippen LogP contribution in [0.5, 0.6) is 5.75 Å². The van der Waals surface area contributed by atoms with Crippen molar-refractivity contribution in [3.05, 3.63) is 41.5 Å². The zero-order valence-corrected chi connectivity index (χ0v) is 10.9. The molecule has 0 aliphatic rings. The number of aryl methyl sites for hydroxylation is 2. The van der Waals surface area contributed by atoms with Gasteiger partial charge in [-0.25, -0.2) is 4.98 Å². The lowest BCUT2D eigenvalue weighted by Crippen LogP contribution is -2.26. The lowest BCUT2D eigenvalue weighted by molar-refractivity contribution is 0.0953. The van der Waals surface area contributed by atoms with Crippen molar-refractivity contribution in [3.63, 3.8) is 0 Å². The van der Waals surface area contributed by atoms with Gasteiger partial charge in [-0.2, -0.15) is 5.10 Å². The molecule has 0 radical (unpaired) electrons. The minimum Gasteiger partial charge on any atom is -0.508 e.